The summed E-state index contributed by atoms with van der Waals surface area (Å²) in [5.41, 5.74) is -12.0. The number of rotatable bonds is 3. The summed E-state index contributed by atoms with van der Waals surface area (Å²) < 4.78 is 226. The number of halogens is 15. The molecule has 8 rings (SSSR count). The van der Waals surface area contributed by atoms with Crippen LogP contribution in [0.4, 0.5) is 65.9 Å². The lowest BCUT2D eigenvalue weighted by Crippen LogP contribution is -2.10. The lowest BCUT2D eigenvalue weighted by atomic mass is 9.87. The van der Waals surface area contributed by atoms with Gasteiger partial charge in [-0.2, -0.15) is 0 Å². The van der Waals surface area contributed by atoms with Crippen molar-refractivity contribution in [3.05, 3.63) is 135 Å². The summed E-state index contributed by atoms with van der Waals surface area (Å²) in [5.74, 6) is -36.5. The van der Waals surface area contributed by atoms with Gasteiger partial charge >= 0.3 is 0 Å². The van der Waals surface area contributed by atoms with E-state index in [0.29, 0.717) is 0 Å². The molecule has 0 aliphatic carbocycles. The van der Waals surface area contributed by atoms with Crippen LogP contribution in [0.1, 0.15) is 37.7 Å². The molecule has 7 aromatic rings. The molecule has 5 heterocycles. The van der Waals surface area contributed by atoms with E-state index in [1.54, 1.807) is 20.8 Å². The number of hydrogen-bond acceptors (Lipinski definition) is 1. The Kier molecular flexibility index (Phi) is 9.17. The van der Waals surface area contributed by atoms with Crippen molar-refractivity contribution in [2.45, 2.75) is 26.2 Å². The minimum Gasteiger partial charge on any atom is -0.354 e. The van der Waals surface area contributed by atoms with Gasteiger partial charge in [-0.1, -0.05) is 20.8 Å². The molecule has 8 bridgehead atoms. The van der Waals surface area contributed by atoms with E-state index in [9.17, 15) is 39.5 Å². The second-order valence-electron chi connectivity index (χ2n) is 14.5. The number of aromatic amines is 3. The highest BCUT2D eigenvalue weighted by atomic mass is 19.2. The highest BCUT2D eigenvalue weighted by Gasteiger charge is 2.34. The van der Waals surface area contributed by atoms with Gasteiger partial charge in [0.15, 0.2) is 69.8 Å². The van der Waals surface area contributed by atoms with Crippen molar-refractivity contribution < 1.29 is 65.9 Å². The van der Waals surface area contributed by atoms with Crippen molar-refractivity contribution in [2.75, 3.05) is 0 Å². The average Bonchev–Trinajstić information content (AvgIpc) is 4.05. The number of nitrogens with zero attached hydrogens (tertiary/aromatic N) is 1. The quantitative estimate of drug-likeness (QED) is 0.0925. The van der Waals surface area contributed by atoms with E-state index in [4.69, 9.17) is 0 Å². The number of H-pyrrole nitrogens is 3. The van der Waals surface area contributed by atoms with Gasteiger partial charge in [-0.05, 0) is 53.5 Å². The van der Waals surface area contributed by atoms with Crippen molar-refractivity contribution in [1.82, 2.24) is 19.9 Å². The summed E-state index contributed by atoms with van der Waals surface area (Å²) in [5, 5.41) is 0. The molecule has 0 fully saturated rings. The standard InChI is InChI=1S/C41H19F15N4/c1-41(2,3)11-10-18-21(24-29(46)35(52)39(56)36(53)30(24)47)16-7-6-13(58-16)19(22-25(42)31(48)37(54)32(49)26(22)43)12-4-5-14(57-12)20(15-8-9-17(59-15)40(11)60-18)23-27(44)33(50)38(55)34(51)28(23)45/h4-10,58-60H,1-3H3. The van der Waals surface area contributed by atoms with Gasteiger partial charge in [0.1, 0.15) is 0 Å². The van der Waals surface area contributed by atoms with Crippen LogP contribution in [0.2, 0.25) is 0 Å². The van der Waals surface area contributed by atoms with Crippen LogP contribution in [0.3, 0.4) is 0 Å². The Morgan fingerprint density at radius 2 is 0.650 bits per heavy atom. The van der Waals surface area contributed by atoms with Crippen molar-refractivity contribution in [1.29, 1.82) is 0 Å². The van der Waals surface area contributed by atoms with Crippen LogP contribution in [-0.2, 0) is 5.41 Å². The molecule has 0 saturated heterocycles. The molecule has 3 aromatic carbocycles. The van der Waals surface area contributed by atoms with E-state index in [2.05, 4.69) is 19.9 Å². The Morgan fingerprint density at radius 1 is 0.350 bits per heavy atom. The Balaban J connectivity index is 1.70. The van der Waals surface area contributed by atoms with Crippen molar-refractivity contribution in [3.8, 4) is 33.4 Å². The summed E-state index contributed by atoms with van der Waals surface area (Å²) >= 11 is 0. The van der Waals surface area contributed by atoms with Crippen LogP contribution in [0, 0.1) is 87.3 Å². The summed E-state index contributed by atoms with van der Waals surface area (Å²) in [7, 11) is 0. The minimum absolute atomic E-state index is 0.00616. The van der Waals surface area contributed by atoms with Crippen LogP contribution in [0.25, 0.3) is 78.6 Å². The molecule has 3 N–H and O–H groups in total. The molecule has 0 unspecified atom stereocenters. The van der Waals surface area contributed by atoms with E-state index in [1.807, 2.05) is 0 Å². The summed E-state index contributed by atoms with van der Waals surface area (Å²) in [6.07, 6.45) is 1.67. The van der Waals surface area contributed by atoms with Crippen LogP contribution in [0.5, 0.6) is 0 Å². The van der Waals surface area contributed by atoms with Crippen molar-refractivity contribution in [2.24, 2.45) is 0 Å². The average molecular weight is 853 g/mol. The normalized spacial score (nSPS) is 12.4. The zero-order valence-electron chi connectivity index (χ0n) is 30.2. The largest absolute Gasteiger partial charge is 0.354 e. The smallest absolute Gasteiger partial charge is 0.200 e. The molecule has 308 valence electrons. The molecule has 1 aliphatic heterocycles. The Hall–Kier alpha value is -6.66. The predicted molar refractivity (Wildman–Crippen MR) is 190 cm³/mol. The van der Waals surface area contributed by atoms with Crippen molar-refractivity contribution in [3.63, 3.8) is 0 Å². The minimum atomic E-state index is -2.60. The van der Waals surface area contributed by atoms with Crippen LogP contribution >= 0.6 is 0 Å². The third-order valence-electron chi connectivity index (χ3n) is 9.88. The van der Waals surface area contributed by atoms with E-state index in [1.165, 1.54) is 12.1 Å². The maximum Gasteiger partial charge on any atom is 0.200 e. The van der Waals surface area contributed by atoms with Gasteiger partial charge in [0.05, 0.1) is 39.1 Å². The zero-order valence-corrected chi connectivity index (χ0v) is 30.2. The van der Waals surface area contributed by atoms with E-state index >= 15 is 26.3 Å². The van der Waals surface area contributed by atoms with Crippen LogP contribution < -0.4 is 0 Å². The number of benzene rings is 3. The molecule has 0 amide bonds. The Morgan fingerprint density at radius 3 is 1.02 bits per heavy atom. The molecular weight excluding hydrogens is 833 g/mol. The molecule has 60 heavy (non-hydrogen) atoms. The van der Waals surface area contributed by atoms with Gasteiger partial charge in [0.25, 0.3) is 0 Å². The number of hydrogen-bond donors (Lipinski definition) is 3. The maximum absolute atomic E-state index is 15.8. The summed E-state index contributed by atoms with van der Waals surface area (Å²) in [4.78, 5) is 12.2. The number of fused-ring (bicyclic) bond motifs is 9. The van der Waals surface area contributed by atoms with E-state index in [0.717, 1.165) is 30.4 Å². The first-order valence-electron chi connectivity index (χ1n) is 17.1. The fraction of sp³-hybridized carbons (Fsp3) is 0.0976. The van der Waals surface area contributed by atoms with Crippen molar-refractivity contribution >= 4 is 45.3 Å². The van der Waals surface area contributed by atoms with Gasteiger partial charge in [-0.3, -0.25) is 0 Å². The second-order valence-corrected chi connectivity index (χ2v) is 14.5. The highest BCUT2D eigenvalue weighted by molar-refractivity contribution is 6.01. The molecule has 19 heteroatoms. The first kappa shape index (κ1) is 40.1. The zero-order chi connectivity index (χ0) is 43.6. The topological polar surface area (TPSA) is 60.3 Å². The summed E-state index contributed by atoms with van der Waals surface area (Å²) in [6.45, 7) is 4.89. The Labute approximate surface area is 325 Å². The maximum atomic E-state index is 15.8. The first-order chi connectivity index (χ1) is 28.1. The molecular formula is C41H19F15N4. The highest BCUT2D eigenvalue weighted by Crippen LogP contribution is 2.43. The lowest BCUT2D eigenvalue weighted by molar-refractivity contribution is 0.381. The fourth-order valence-electron chi connectivity index (χ4n) is 7.10. The van der Waals surface area contributed by atoms with Gasteiger partial charge in [-0.15, -0.1) is 0 Å². The number of aromatic nitrogens is 4. The Bertz CT molecular complexity index is 3120. The molecule has 0 radical (unpaired) electrons. The van der Waals surface area contributed by atoms with Gasteiger partial charge < -0.3 is 15.0 Å². The molecule has 0 saturated carbocycles. The third kappa shape index (κ3) is 5.76. The third-order valence-corrected chi connectivity index (χ3v) is 9.88. The lowest BCUT2D eigenvalue weighted by Gasteiger charge is -2.17. The monoisotopic (exact) mass is 852 g/mol. The van der Waals surface area contributed by atoms with Gasteiger partial charge in [0.2, 0.25) is 17.5 Å². The molecule has 1 aliphatic rings. The van der Waals surface area contributed by atoms with E-state index < -0.39 is 160 Å². The molecule has 4 aromatic heterocycles. The van der Waals surface area contributed by atoms with Crippen LogP contribution in [0.15, 0.2) is 30.3 Å². The molecule has 4 nitrogen and oxygen atoms in total. The van der Waals surface area contributed by atoms with E-state index in [-0.39, 0.29) is 16.6 Å². The molecule has 0 spiro atoms. The van der Waals surface area contributed by atoms with Crippen LogP contribution in [-0.4, -0.2) is 19.9 Å². The number of nitrogens with one attached hydrogen (secondary N) is 3. The second kappa shape index (κ2) is 13.7. The predicted octanol–water partition coefficient (Wildman–Crippen LogP) is 13.1. The van der Waals surface area contributed by atoms with Gasteiger partial charge in [-0.25, -0.2) is 70.8 Å². The van der Waals surface area contributed by atoms with Gasteiger partial charge in [0, 0.05) is 38.8 Å². The first-order valence-corrected chi connectivity index (χ1v) is 17.1. The fourth-order valence-corrected chi connectivity index (χ4v) is 7.10. The molecule has 0 atom stereocenters. The SMILES string of the molecule is CC(C)(C)c1cc2[nH]c1c1ccc([nH]1)c(-c1c(F)c(F)c(F)c(F)c1F)c1nc(c(-c3c(F)c(F)c(F)c(F)c3F)c3ccc([nH]3)c2-c2c(F)c(F)c(F)c(F)c2F)C=C1. The summed E-state index contributed by atoms with van der Waals surface area (Å²) in [6, 6.07) is 5.28.